The second-order valence-electron chi connectivity index (χ2n) is 6.81. The van der Waals surface area contributed by atoms with E-state index >= 15 is 0 Å². The van der Waals surface area contributed by atoms with Gasteiger partial charge in [-0.3, -0.25) is 9.78 Å². The van der Waals surface area contributed by atoms with Crippen LogP contribution in [0.3, 0.4) is 0 Å². The third-order valence-electron chi connectivity index (χ3n) is 4.86. The molecule has 0 spiro atoms. The molecule has 0 unspecified atom stereocenters. The molecule has 30 heavy (non-hydrogen) atoms. The lowest BCUT2D eigenvalue weighted by molar-refractivity contribution is 0.0954. The van der Waals surface area contributed by atoms with Gasteiger partial charge in [0.2, 0.25) is 0 Å². The van der Waals surface area contributed by atoms with E-state index in [1.165, 1.54) is 0 Å². The molecular formula is C23H20N6O. The van der Waals surface area contributed by atoms with Crippen molar-refractivity contribution < 1.29 is 4.79 Å². The van der Waals surface area contributed by atoms with Crippen molar-refractivity contribution >= 4 is 22.6 Å². The number of nitrogens with zero attached hydrogens (tertiary/aromatic N) is 4. The number of pyridine rings is 1. The number of carbonyl (C=O) groups is 1. The molecule has 0 aliphatic rings. The molecule has 2 heterocycles. The summed E-state index contributed by atoms with van der Waals surface area (Å²) in [5.74, 6) is 0.152. The molecule has 0 fully saturated rings. The maximum Gasteiger partial charge on any atom is 0.253 e. The van der Waals surface area contributed by atoms with Crippen LogP contribution >= 0.6 is 0 Å². The van der Waals surface area contributed by atoms with Crippen LogP contribution in [0.4, 0.5) is 5.82 Å². The van der Waals surface area contributed by atoms with Gasteiger partial charge in [-0.15, -0.1) is 0 Å². The lowest BCUT2D eigenvalue weighted by Crippen LogP contribution is -2.25. The first-order chi connectivity index (χ1) is 14.7. The Morgan fingerprint density at radius 2 is 1.90 bits per heavy atom. The first-order valence-corrected chi connectivity index (χ1v) is 9.64. The maximum atomic E-state index is 12.6. The summed E-state index contributed by atoms with van der Waals surface area (Å²) in [7, 11) is 0. The van der Waals surface area contributed by atoms with Gasteiger partial charge in [-0.2, -0.15) is 10.4 Å². The highest BCUT2D eigenvalue weighted by molar-refractivity contribution is 6.05. The number of benzene rings is 2. The standard InChI is InChI=1S/C23H20N6O/c24-15-19-20(28-29(22(19)25)17-9-2-1-3-10-17)12-6-14-27-23(30)18-11-4-7-16-8-5-13-26-21(16)18/h1-5,7-11,13H,6,12,14,25H2,(H,27,30). The second-order valence-corrected chi connectivity index (χ2v) is 6.81. The highest BCUT2D eigenvalue weighted by Crippen LogP contribution is 2.21. The fraction of sp³-hybridized carbons (Fsp3) is 0.130. The number of amides is 1. The van der Waals surface area contributed by atoms with Gasteiger partial charge in [0, 0.05) is 18.1 Å². The number of para-hydroxylation sites is 2. The molecule has 4 rings (SSSR count). The molecule has 0 aliphatic carbocycles. The molecule has 1 amide bonds. The van der Waals surface area contributed by atoms with Crippen molar-refractivity contribution in [2.75, 3.05) is 12.3 Å². The normalized spacial score (nSPS) is 10.6. The van der Waals surface area contributed by atoms with E-state index in [0.717, 1.165) is 11.1 Å². The number of hydrogen-bond acceptors (Lipinski definition) is 5. The molecule has 7 heteroatoms. The third kappa shape index (κ3) is 3.71. The van der Waals surface area contributed by atoms with Crippen LogP contribution < -0.4 is 11.1 Å². The topological polar surface area (TPSA) is 110 Å². The number of anilines is 1. The summed E-state index contributed by atoms with van der Waals surface area (Å²) in [6, 6.07) is 20.9. The molecule has 4 aromatic rings. The molecule has 0 saturated carbocycles. The van der Waals surface area contributed by atoms with Crippen molar-refractivity contribution in [3.63, 3.8) is 0 Å². The SMILES string of the molecule is N#Cc1c(CCCNC(=O)c2cccc3cccnc23)nn(-c2ccccc2)c1N. The Balaban J connectivity index is 1.42. The highest BCUT2D eigenvalue weighted by Gasteiger charge is 2.16. The van der Waals surface area contributed by atoms with Crippen molar-refractivity contribution in [2.45, 2.75) is 12.8 Å². The molecule has 0 bridgehead atoms. The first kappa shape index (κ1) is 19.2. The summed E-state index contributed by atoms with van der Waals surface area (Å²) < 4.78 is 1.58. The Bertz CT molecular complexity index is 1230. The van der Waals surface area contributed by atoms with Crippen LogP contribution in [0.1, 0.15) is 28.0 Å². The van der Waals surface area contributed by atoms with Crippen LogP contribution in [-0.4, -0.2) is 27.2 Å². The van der Waals surface area contributed by atoms with Crippen molar-refractivity contribution in [2.24, 2.45) is 0 Å². The summed E-state index contributed by atoms with van der Waals surface area (Å²) in [5.41, 5.74) is 9.16. The van der Waals surface area contributed by atoms with Gasteiger partial charge < -0.3 is 11.1 Å². The van der Waals surface area contributed by atoms with Crippen LogP contribution in [0, 0.1) is 11.3 Å². The number of rotatable bonds is 6. The number of nitriles is 1. The van der Waals surface area contributed by atoms with Crippen molar-refractivity contribution in [3.8, 4) is 11.8 Å². The van der Waals surface area contributed by atoms with Crippen LogP contribution in [0.15, 0.2) is 66.9 Å². The first-order valence-electron chi connectivity index (χ1n) is 9.64. The van der Waals surface area contributed by atoms with E-state index in [-0.39, 0.29) is 5.91 Å². The molecule has 0 aliphatic heterocycles. The van der Waals surface area contributed by atoms with Gasteiger partial charge in [-0.1, -0.05) is 36.4 Å². The number of nitrogens with one attached hydrogen (secondary N) is 1. The lowest BCUT2D eigenvalue weighted by atomic mass is 10.1. The fourth-order valence-corrected chi connectivity index (χ4v) is 3.38. The monoisotopic (exact) mass is 396 g/mol. The van der Waals surface area contributed by atoms with Gasteiger partial charge in [0.25, 0.3) is 5.91 Å². The predicted molar refractivity (Wildman–Crippen MR) is 115 cm³/mol. The molecule has 3 N–H and O–H groups in total. The number of nitrogens with two attached hydrogens (primary N) is 1. The summed E-state index contributed by atoms with van der Waals surface area (Å²) in [5, 5.41) is 17.9. The predicted octanol–water partition coefficient (Wildman–Crippen LogP) is 3.24. The van der Waals surface area contributed by atoms with E-state index in [4.69, 9.17) is 5.73 Å². The molecule has 2 aromatic heterocycles. The van der Waals surface area contributed by atoms with Crippen LogP contribution in [0.5, 0.6) is 0 Å². The molecule has 148 valence electrons. The molecule has 0 saturated heterocycles. The molecule has 0 atom stereocenters. The van der Waals surface area contributed by atoms with Crippen LogP contribution in [0.2, 0.25) is 0 Å². The Kier molecular flexibility index (Phi) is 5.39. The number of hydrogen-bond donors (Lipinski definition) is 2. The number of carbonyl (C=O) groups excluding carboxylic acids is 1. The van der Waals surface area contributed by atoms with Crippen molar-refractivity contribution in [1.82, 2.24) is 20.1 Å². The summed E-state index contributed by atoms with van der Waals surface area (Å²) in [6.45, 7) is 0.449. The van der Waals surface area contributed by atoms with Gasteiger partial charge in [0.15, 0.2) is 0 Å². The smallest absolute Gasteiger partial charge is 0.253 e. The lowest BCUT2D eigenvalue weighted by Gasteiger charge is -2.07. The number of fused-ring (bicyclic) bond motifs is 1. The van der Waals surface area contributed by atoms with Gasteiger partial charge in [0.1, 0.15) is 17.5 Å². The summed E-state index contributed by atoms with van der Waals surface area (Å²) >= 11 is 0. The summed E-state index contributed by atoms with van der Waals surface area (Å²) in [4.78, 5) is 16.9. The van der Waals surface area contributed by atoms with Crippen LogP contribution in [0.25, 0.3) is 16.6 Å². The molecule has 2 aromatic carbocycles. The number of aromatic nitrogens is 3. The summed E-state index contributed by atoms with van der Waals surface area (Å²) in [6.07, 6.45) is 2.83. The highest BCUT2D eigenvalue weighted by atomic mass is 16.1. The minimum atomic E-state index is -0.172. The van der Waals surface area contributed by atoms with Gasteiger partial charge in [0.05, 0.1) is 22.5 Å². The fourth-order valence-electron chi connectivity index (χ4n) is 3.38. The van der Waals surface area contributed by atoms with Gasteiger partial charge >= 0.3 is 0 Å². The van der Waals surface area contributed by atoms with Crippen molar-refractivity contribution in [3.05, 3.63) is 83.7 Å². The number of aryl methyl sites for hydroxylation is 1. The molecule has 7 nitrogen and oxygen atoms in total. The molecule has 0 radical (unpaired) electrons. The number of nitrogen functional groups attached to an aromatic ring is 1. The Labute approximate surface area is 173 Å². The van der Waals surface area contributed by atoms with E-state index in [0.29, 0.717) is 47.5 Å². The minimum absolute atomic E-state index is 0.172. The van der Waals surface area contributed by atoms with Crippen molar-refractivity contribution in [1.29, 1.82) is 5.26 Å². The minimum Gasteiger partial charge on any atom is -0.382 e. The van der Waals surface area contributed by atoms with E-state index in [9.17, 15) is 10.1 Å². The van der Waals surface area contributed by atoms with E-state index < -0.39 is 0 Å². The largest absolute Gasteiger partial charge is 0.382 e. The Hall–Kier alpha value is -4.18. The van der Waals surface area contributed by atoms with E-state index in [1.54, 1.807) is 16.9 Å². The second kappa shape index (κ2) is 8.45. The van der Waals surface area contributed by atoms with Crippen LogP contribution in [-0.2, 0) is 6.42 Å². The zero-order valence-corrected chi connectivity index (χ0v) is 16.2. The van der Waals surface area contributed by atoms with E-state index in [1.807, 2.05) is 54.6 Å². The van der Waals surface area contributed by atoms with Gasteiger partial charge in [-0.25, -0.2) is 4.68 Å². The molecular weight excluding hydrogens is 376 g/mol. The zero-order chi connectivity index (χ0) is 20.9. The maximum absolute atomic E-state index is 12.6. The van der Waals surface area contributed by atoms with Gasteiger partial charge in [-0.05, 0) is 37.1 Å². The average molecular weight is 396 g/mol. The Morgan fingerprint density at radius 1 is 1.10 bits per heavy atom. The zero-order valence-electron chi connectivity index (χ0n) is 16.2. The third-order valence-corrected chi connectivity index (χ3v) is 4.86. The Morgan fingerprint density at radius 3 is 2.70 bits per heavy atom. The quantitative estimate of drug-likeness (QED) is 0.486. The average Bonchev–Trinajstić information content (AvgIpc) is 3.11. The van der Waals surface area contributed by atoms with E-state index in [2.05, 4.69) is 21.5 Å².